The van der Waals surface area contributed by atoms with Gasteiger partial charge in [0.15, 0.2) is 0 Å². The van der Waals surface area contributed by atoms with Crippen molar-refractivity contribution in [3.8, 4) is 0 Å². The smallest absolute Gasteiger partial charge is 0.310 e. The standard InChI is InChI=1S/C14H26N2O4S/c1-3-16(11-7-8-11)10-9-15-21(18,19)13-6-4-5-12(13)14(17)20-2/h11-13,15H,3-10H2,1-2H3. The fraction of sp³-hybridized carbons (Fsp3) is 0.929. The molecule has 2 atom stereocenters. The second kappa shape index (κ2) is 7.07. The lowest BCUT2D eigenvalue weighted by Crippen LogP contribution is -2.42. The van der Waals surface area contributed by atoms with Gasteiger partial charge in [-0.15, -0.1) is 0 Å². The molecule has 0 aliphatic heterocycles. The molecule has 0 aromatic carbocycles. The number of likely N-dealkylation sites (N-methyl/N-ethyl adjacent to an activating group) is 1. The van der Waals surface area contributed by atoms with Crippen molar-refractivity contribution in [2.75, 3.05) is 26.7 Å². The van der Waals surface area contributed by atoms with Crippen LogP contribution >= 0.6 is 0 Å². The summed E-state index contributed by atoms with van der Waals surface area (Å²) in [6.07, 6.45) is 4.33. The minimum atomic E-state index is -3.45. The summed E-state index contributed by atoms with van der Waals surface area (Å²) >= 11 is 0. The van der Waals surface area contributed by atoms with Crippen LogP contribution in [0.2, 0.25) is 0 Å². The SMILES string of the molecule is CCN(CCNS(=O)(=O)C1CCCC1C(=O)OC)C1CC1. The van der Waals surface area contributed by atoms with E-state index in [1.807, 2.05) is 0 Å². The van der Waals surface area contributed by atoms with E-state index in [9.17, 15) is 13.2 Å². The molecule has 2 unspecified atom stereocenters. The highest BCUT2D eigenvalue weighted by molar-refractivity contribution is 7.90. The first-order valence-electron chi connectivity index (χ1n) is 7.80. The van der Waals surface area contributed by atoms with Crippen molar-refractivity contribution in [3.63, 3.8) is 0 Å². The zero-order chi connectivity index (χ0) is 15.5. The third kappa shape index (κ3) is 4.17. The van der Waals surface area contributed by atoms with E-state index in [0.29, 0.717) is 25.4 Å². The Morgan fingerprint density at radius 2 is 2.00 bits per heavy atom. The first-order chi connectivity index (χ1) is 9.99. The van der Waals surface area contributed by atoms with Crippen molar-refractivity contribution < 1.29 is 17.9 Å². The fourth-order valence-electron chi connectivity index (χ4n) is 3.20. The van der Waals surface area contributed by atoms with Crippen LogP contribution in [0.15, 0.2) is 0 Å². The van der Waals surface area contributed by atoms with E-state index >= 15 is 0 Å². The van der Waals surface area contributed by atoms with Crippen molar-refractivity contribution in [1.82, 2.24) is 9.62 Å². The highest BCUT2D eigenvalue weighted by atomic mass is 32.2. The molecule has 0 amide bonds. The summed E-state index contributed by atoms with van der Waals surface area (Å²) in [5, 5.41) is -0.638. The minimum absolute atomic E-state index is 0.406. The number of carbonyl (C=O) groups excluding carboxylic acids is 1. The van der Waals surface area contributed by atoms with Gasteiger partial charge in [0.05, 0.1) is 18.3 Å². The second-order valence-corrected chi connectivity index (χ2v) is 7.88. The number of carbonyl (C=O) groups is 1. The number of rotatable bonds is 8. The molecule has 0 heterocycles. The molecule has 0 saturated heterocycles. The number of nitrogens with one attached hydrogen (secondary N) is 1. The van der Waals surface area contributed by atoms with Gasteiger partial charge in [0.2, 0.25) is 10.0 Å². The van der Waals surface area contributed by atoms with Gasteiger partial charge in [0, 0.05) is 19.1 Å². The molecule has 21 heavy (non-hydrogen) atoms. The van der Waals surface area contributed by atoms with Gasteiger partial charge in [0.1, 0.15) is 0 Å². The van der Waals surface area contributed by atoms with Gasteiger partial charge in [-0.3, -0.25) is 9.69 Å². The van der Waals surface area contributed by atoms with Crippen molar-refractivity contribution in [2.24, 2.45) is 5.92 Å². The molecular weight excluding hydrogens is 292 g/mol. The number of nitrogens with zero attached hydrogens (tertiary/aromatic N) is 1. The molecule has 2 rings (SSSR count). The average Bonchev–Trinajstić information content (AvgIpc) is 3.17. The van der Waals surface area contributed by atoms with E-state index in [1.54, 1.807) is 0 Å². The highest BCUT2D eigenvalue weighted by Gasteiger charge is 2.42. The number of hydrogen-bond acceptors (Lipinski definition) is 5. The maximum atomic E-state index is 12.4. The quantitative estimate of drug-likeness (QED) is 0.668. The van der Waals surface area contributed by atoms with Crippen LogP contribution in [-0.4, -0.2) is 57.3 Å². The van der Waals surface area contributed by atoms with E-state index < -0.39 is 27.2 Å². The second-order valence-electron chi connectivity index (χ2n) is 5.90. The van der Waals surface area contributed by atoms with E-state index in [2.05, 4.69) is 16.5 Å². The molecular formula is C14H26N2O4S. The Labute approximate surface area is 127 Å². The van der Waals surface area contributed by atoms with Crippen LogP contribution in [-0.2, 0) is 19.6 Å². The number of sulfonamides is 1. The summed E-state index contributed by atoms with van der Waals surface area (Å²) in [6, 6.07) is 0.633. The van der Waals surface area contributed by atoms with Gasteiger partial charge in [0.25, 0.3) is 0 Å². The van der Waals surface area contributed by atoms with Crippen LogP contribution < -0.4 is 4.72 Å². The largest absolute Gasteiger partial charge is 0.469 e. The normalized spacial score (nSPS) is 26.2. The van der Waals surface area contributed by atoms with E-state index in [0.717, 1.165) is 19.5 Å². The van der Waals surface area contributed by atoms with Crippen LogP contribution in [0.3, 0.4) is 0 Å². The molecule has 122 valence electrons. The zero-order valence-corrected chi connectivity index (χ0v) is 13.7. The first kappa shape index (κ1) is 16.7. The van der Waals surface area contributed by atoms with Crippen LogP contribution in [0.4, 0.5) is 0 Å². The van der Waals surface area contributed by atoms with Crippen LogP contribution in [0.25, 0.3) is 0 Å². The Hall–Kier alpha value is -0.660. The van der Waals surface area contributed by atoms with Crippen molar-refractivity contribution in [1.29, 1.82) is 0 Å². The predicted octanol–water partition coefficient (Wildman–Crippen LogP) is 0.732. The van der Waals surface area contributed by atoms with Gasteiger partial charge >= 0.3 is 5.97 Å². The average molecular weight is 318 g/mol. The molecule has 6 nitrogen and oxygen atoms in total. The number of hydrogen-bond donors (Lipinski definition) is 1. The monoisotopic (exact) mass is 318 g/mol. The van der Waals surface area contributed by atoms with E-state index in [1.165, 1.54) is 20.0 Å². The topological polar surface area (TPSA) is 75.7 Å². The Morgan fingerprint density at radius 1 is 1.29 bits per heavy atom. The van der Waals surface area contributed by atoms with Gasteiger partial charge in [-0.25, -0.2) is 13.1 Å². The van der Waals surface area contributed by atoms with Crippen LogP contribution in [0.1, 0.15) is 39.0 Å². The first-order valence-corrected chi connectivity index (χ1v) is 9.34. The molecule has 0 radical (unpaired) electrons. The molecule has 2 fully saturated rings. The van der Waals surface area contributed by atoms with E-state index in [-0.39, 0.29) is 0 Å². The van der Waals surface area contributed by atoms with Gasteiger partial charge in [-0.1, -0.05) is 13.3 Å². The van der Waals surface area contributed by atoms with Crippen molar-refractivity contribution in [3.05, 3.63) is 0 Å². The molecule has 7 heteroatoms. The highest BCUT2D eigenvalue weighted by Crippen LogP contribution is 2.31. The molecule has 2 saturated carbocycles. The summed E-state index contributed by atoms with van der Waals surface area (Å²) in [5.41, 5.74) is 0. The summed E-state index contributed by atoms with van der Waals surface area (Å²) in [5.74, 6) is -0.922. The third-order valence-electron chi connectivity index (χ3n) is 4.53. The summed E-state index contributed by atoms with van der Waals surface area (Å²) in [6.45, 7) is 4.19. The van der Waals surface area contributed by atoms with E-state index in [4.69, 9.17) is 4.74 Å². The molecule has 0 bridgehead atoms. The molecule has 1 N–H and O–H groups in total. The Morgan fingerprint density at radius 3 is 2.57 bits per heavy atom. The molecule has 2 aliphatic carbocycles. The fourth-order valence-corrected chi connectivity index (χ4v) is 4.94. The number of ether oxygens (including phenoxy) is 1. The number of esters is 1. The predicted molar refractivity (Wildman–Crippen MR) is 80.3 cm³/mol. The Bertz CT molecular complexity index is 462. The maximum Gasteiger partial charge on any atom is 0.310 e. The lowest BCUT2D eigenvalue weighted by Gasteiger charge is -2.22. The molecule has 0 aromatic rings. The lowest BCUT2D eigenvalue weighted by molar-refractivity contribution is -0.145. The molecule has 0 spiro atoms. The summed E-state index contributed by atoms with van der Waals surface area (Å²) < 4.78 is 32.2. The Kier molecular flexibility index (Phi) is 5.62. The van der Waals surface area contributed by atoms with Gasteiger partial charge in [-0.05, 0) is 32.2 Å². The Balaban J connectivity index is 1.87. The van der Waals surface area contributed by atoms with Crippen LogP contribution in [0, 0.1) is 5.92 Å². The summed E-state index contributed by atoms with van der Waals surface area (Å²) in [7, 11) is -2.14. The third-order valence-corrected chi connectivity index (χ3v) is 6.49. The molecule has 0 aromatic heterocycles. The van der Waals surface area contributed by atoms with Gasteiger partial charge < -0.3 is 4.74 Å². The van der Waals surface area contributed by atoms with Crippen LogP contribution in [0.5, 0.6) is 0 Å². The van der Waals surface area contributed by atoms with Gasteiger partial charge in [-0.2, -0.15) is 0 Å². The molecule has 2 aliphatic rings. The van der Waals surface area contributed by atoms with Crippen molar-refractivity contribution in [2.45, 2.75) is 50.3 Å². The van der Waals surface area contributed by atoms with Crippen molar-refractivity contribution >= 4 is 16.0 Å². The summed E-state index contributed by atoms with van der Waals surface area (Å²) in [4.78, 5) is 14.0. The lowest BCUT2D eigenvalue weighted by atomic mass is 10.1. The maximum absolute atomic E-state index is 12.4. The minimum Gasteiger partial charge on any atom is -0.469 e. The number of methoxy groups -OCH3 is 1. The zero-order valence-electron chi connectivity index (χ0n) is 12.9.